The number of hydrogen-bond acceptors (Lipinski definition) is 3. The lowest BCUT2D eigenvalue weighted by Gasteiger charge is -2.41. The van der Waals surface area contributed by atoms with Crippen molar-refractivity contribution in [3.05, 3.63) is 25.0 Å². The molecule has 0 atom stereocenters. The first-order valence-electron chi connectivity index (χ1n) is 5.44. The summed E-state index contributed by atoms with van der Waals surface area (Å²) < 4.78 is 5.57. The van der Waals surface area contributed by atoms with Crippen LogP contribution >= 0.6 is 0 Å². The monoisotopic (exact) mass is 221 g/mol. The third-order valence-corrected chi connectivity index (χ3v) is 3.23. The van der Waals surface area contributed by atoms with Crippen molar-refractivity contribution in [1.82, 2.24) is 4.90 Å². The molecule has 2 heterocycles. The molecule has 0 bridgehead atoms. The molecule has 0 radical (unpaired) electrons. The predicted octanol–water partition coefficient (Wildman–Crippen LogP) is 1.04. The molecule has 16 heavy (non-hydrogen) atoms. The van der Waals surface area contributed by atoms with Crippen molar-refractivity contribution in [1.29, 1.82) is 0 Å². The van der Waals surface area contributed by atoms with Crippen LogP contribution < -0.4 is 0 Å². The van der Waals surface area contributed by atoms with Crippen LogP contribution in [0.1, 0.15) is 19.3 Å². The summed E-state index contributed by atoms with van der Waals surface area (Å²) in [5.74, 6) is 0.0577. The van der Waals surface area contributed by atoms with Gasteiger partial charge in [-0.3, -0.25) is 9.59 Å². The SMILES string of the molecule is C=CC(=O)N1CCC2(CC1)CC(=O)C=CO2. The van der Waals surface area contributed by atoms with Gasteiger partial charge in [-0.25, -0.2) is 0 Å². The van der Waals surface area contributed by atoms with Crippen molar-refractivity contribution in [3.63, 3.8) is 0 Å². The van der Waals surface area contributed by atoms with E-state index in [2.05, 4.69) is 6.58 Å². The summed E-state index contributed by atoms with van der Waals surface area (Å²) in [4.78, 5) is 24.5. The number of rotatable bonds is 1. The maximum atomic E-state index is 11.4. The molecule has 0 saturated carbocycles. The number of ketones is 1. The van der Waals surface area contributed by atoms with Gasteiger partial charge in [0.05, 0.1) is 12.7 Å². The number of allylic oxidation sites excluding steroid dienone is 1. The Bertz CT molecular complexity index is 351. The molecule has 1 saturated heterocycles. The van der Waals surface area contributed by atoms with Gasteiger partial charge in [0, 0.05) is 32.0 Å². The molecule has 1 spiro atoms. The number of nitrogens with zero attached hydrogens (tertiary/aromatic N) is 1. The Morgan fingerprint density at radius 1 is 1.50 bits per heavy atom. The van der Waals surface area contributed by atoms with E-state index in [1.54, 1.807) is 4.90 Å². The molecule has 4 nitrogen and oxygen atoms in total. The first kappa shape index (κ1) is 10.9. The second kappa shape index (κ2) is 4.12. The maximum Gasteiger partial charge on any atom is 0.245 e. The third-order valence-electron chi connectivity index (χ3n) is 3.23. The molecule has 1 amide bonds. The van der Waals surface area contributed by atoms with Gasteiger partial charge in [0.15, 0.2) is 5.78 Å². The van der Waals surface area contributed by atoms with Crippen molar-refractivity contribution in [3.8, 4) is 0 Å². The van der Waals surface area contributed by atoms with Crippen molar-refractivity contribution in [2.75, 3.05) is 13.1 Å². The molecule has 0 aromatic heterocycles. The minimum Gasteiger partial charge on any atom is -0.494 e. The van der Waals surface area contributed by atoms with Crippen LogP contribution in [0.4, 0.5) is 0 Å². The normalized spacial score (nSPS) is 23.0. The van der Waals surface area contributed by atoms with Crippen LogP contribution in [0.15, 0.2) is 25.0 Å². The third kappa shape index (κ3) is 2.01. The molecule has 86 valence electrons. The molecule has 4 heteroatoms. The van der Waals surface area contributed by atoms with Gasteiger partial charge in [-0.2, -0.15) is 0 Å². The van der Waals surface area contributed by atoms with Gasteiger partial charge < -0.3 is 9.64 Å². The lowest BCUT2D eigenvalue weighted by atomic mass is 9.85. The summed E-state index contributed by atoms with van der Waals surface area (Å²) in [5, 5.41) is 0. The highest BCUT2D eigenvalue weighted by Gasteiger charge is 2.39. The summed E-state index contributed by atoms with van der Waals surface area (Å²) in [5.41, 5.74) is -0.371. The second-order valence-corrected chi connectivity index (χ2v) is 4.28. The van der Waals surface area contributed by atoms with Crippen LogP contribution in [-0.4, -0.2) is 35.3 Å². The Morgan fingerprint density at radius 2 is 2.19 bits per heavy atom. The van der Waals surface area contributed by atoms with E-state index in [-0.39, 0.29) is 17.3 Å². The Labute approximate surface area is 94.6 Å². The smallest absolute Gasteiger partial charge is 0.245 e. The lowest BCUT2D eigenvalue weighted by molar-refractivity contribution is -0.134. The molecule has 0 N–H and O–H groups in total. The highest BCUT2D eigenvalue weighted by molar-refractivity contribution is 5.91. The molecule has 2 aliphatic rings. The zero-order valence-electron chi connectivity index (χ0n) is 9.15. The van der Waals surface area contributed by atoms with E-state index in [1.165, 1.54) is 18.4 Å². The summed E-state index contributed by atoms with van der Waals surface area (Å²) in [7, 11) is 0. The molecule has 1 fully saturated rings. The van der Waals surface area contributed by atoms with E-state index in [9.17, 15) is 9.59 Å². The number of carbonyl (C=O) groups excluding carboxylic acids is 2. The number of ether oxygens (including phenoxy) is 1. The van der Waals surface area contributed by atoms with Crippen LogP contribution in [-0.2, 0) is 14.3 Å². The van der Waals surface area contributed by atoms with Gasteiger partial charge >= 0.3 is 0 Å². The summed E-state index contributed by atoms with van der Waals surface area (Å²) in [6.07, 6.45) is 6.12. The number of amides is 1. The highest BCUT2D eigenvalue weighted by Crippen LogP contribution is 2.32. The Hall–Kier alpha value is -1.58. The van der Waals surface area contributed by atoms with Crippen molar-refractivity contribution in [2.45, 2.75) is 24.9 Å². The van der Waals surface area contributed by atoms with Gasteiger partial charge in [-0.05, 0) is 6.08 Å². The largest absolute Gasteiger partial charge is 0.494 e. The molecule has 2 aliphatic heterocycles. The van der Waals surface area contributed by atoms with Gasteiger partial charge in [0.2, 0.25) is 5.91 Å². The molecule has 0 aromatic carbocycles. The minimum atomic E-state index is -0.371. The molecular formula is C12H15NO3. The van der Waals surface area contributed by atoms with E-state index in [0.29, 0.717) is 32.4 Å². The number of piperidine rings is 1. The van der Waals surface area contributed by atoms with Crippen LogP contribution in [0.3, 0.4) is 0 Å². The Balaban J connectivity index is 1.99. The van der Waals surface area contributed by atoms with Crippen LogP contribution in [0.25, 0.3) is 0 Å². The van der Waals surface area contributed by atoms with Crippen LogP contribution in [0.2, 0.25) is 0 Å². The van der Waals surface area contributed by atoms with Crippen LogP contribution in [0, 0.1) is 0 Å². The lowest BCUT2D eigenvalue weighted by Crippen LogP contribution is -2.48. The fourth-order valence-corrected chi connectivity index (χ4v) is 2.23. The van der Waals surface area contributed by atoms with Gasteiger partial charge in [0.1, 0.15) is 5.60 Å². The average Bonchev–Trinajstić information content (AvgIpc) is 2.29. The summed E-state index contributed by atoms with van der Waals surface area (Å²) >= 11 is 0. The zero-order chi connectivity index (χ0) is 11.6. The highest BCUT2D eigenvalue weighted by atomic mass is 16.5. The van der Waals surface area contributed by atoms with Crippen molar-refractivity contribution >= 4 is 11.7 Å². The molecule has 0 aromatic rings. The fraction of sp³-hybridized carbons (Fsp3) is 0.500. The van der Waals surface area contributed by atoms with E-state index >= 15 is 0 Å². The standard InChI is InChI=1S/C12H15NO3/c1-2-11(15)13-6-4-12(5-7-13)9-10(14)3-8-16-12/h2-3,8H,1,4-7,9H2. The summed E-state index contributed by atoms with van der Waals surface area (Å²) in [6.45, 7) is 4.73. The van der Waals surface area contributed by atoms with E-state index < -0.39 is 0 Å². The maximum absolute atomic E-state index is 11.4. The molecular weight excluding hydrogens is 206 g/mol. The quantitative estimate of drug-likeness (QED) is 0.621. The van der Waals surface area contributed by atoms with Gasteiger partial charge in [0.25, 0.3) is 0 Å². The number of hydrogen-bond donors (Lipinski definition) is 0. The zero-order valence-corrected chi connectivity index (χ0v) is 9.15. The van der Waals surface area contributed by atoms with Gasteiger partial charge in [-0.1, -0.05) is 6.58 Å². The molecule has 0 unspecified atom stereocenters. The van der Waals surface area contributed by atoms with E-state index in [4.69, 9.17) is 4.74 Å². The summed E-state index contributed by atoms with van der Waals surface area (Å²) in [6, 6.07) is 0. The first-order valence-corrected chi connectivity index (χ1v) is 5.44. The molecule has 0 aliphatic carbocycles. The average molecular weight is 221 g/mol. The fourth-order valence-electron chi connectivity index (χ4n) is 2.23. The number of likely N-dealkylation sites (tertiary alicyclic amines) is 1. The van der Waals surface area contributed by atoms with Crippen LogP contribution in [0.5, 0.6) is 0 Å². The first-order chi connectivity index (χ1) is 7.65. The van der Waals surface area contributed by atoms with Crippen molar-refractivity contribution in [2.24, 2.45) is 0 Å². The Kier molecular flexibility index (Phi) is 2.81. The van der Waals surface area contributed by atoms with Gasteiger partial charge in [-0.15, -0.1) is 0 Å². The topological polar surface area (TPSA) is 46.6 Å². The predicted molar refractivity (Wildman–Crippen MR) is 58.6 cm³/mol. The minimum absolute atomic E-state index is 0.0486. The Morgan fingerprint density at radius 3 is 2.75 bits per heavy atom. The van der Waals surface area contributed by atoms with E-state index in [0.717, 1.165) is 0 Å². The molecule has 2 rings (SSSR count). The number of carbonyl (C=O) groups is 2. The van der Waals surface area contributed by atoms with Crippen molar-refractivity contribution < 1.29 is 14.3 Å². The van der Waals surface area contributed by atoms with E-state index in [1.807, 2.05) is 0 Å². The second-order valence-electron chi connectivity index (χ2n) is 4.28.